The van der Waals surface area contributed by atoms with Crippen molar-refractivity contribution in [3.8, 4) is 5.75 Å². The maximum absolute atomic E-state index is 13.5. The number of hydrogen-bond donors (Lipinski definition) is 1. The fourth-order valence-corrected chi connectivity index (χ4v) is 4.54. The van der Waals surface area contributed by atoms with E-state index in [1.807, 2.05) is 6.92 Å². The van der Waals surface area contributed by atoms with Gasteiger partial charge in [-0.1, -0.05) is 30.7 Å². The van der Waals surface area contributed by atoms with Crippen molar-refractivity contribution in [3.05, 3.63) is 58.6 Å². The number of benzene rings is 2. The molecule has 0 bridgehead atoms. The minimum atomic E-state index is -4.77. The molecule has 0 heterocycles. The Bertz CT molecular complexity index is 1220. The highest BCUT2D eigenvalue weighted by Crippen LogP contribution is 2.36. The van der Waals surface area contributed by atoms with Gasteiger partial charge < -0.3 is 15.0 Å². The van der Waals surface area contributed by atoms with Gasteiger partial charge in [-0.25, -0.2) is 8.42 Å². The van der Waals surface area contributed by atoms with Crippen LogP contribution in [0.5, 0.6) is 5.75 Å². The predicted octanol–water partition coefficient (Wildman–Crippen LogP) is 4.08. The number of carbonyl (C=O) groups excluding carboxylic acids is 2. The molecule has 0 fully saturated rings. The summed E-state index contributed by atoms with van der Waals surface area (Å²) < 4.78 is 70.9. The number of carbonyl (C=O) groups is 2. The van der Waals surface area contributed by atoms with Gasteiger partial charge in [0.15, 0.2) is 0 Å². The second-order valence-corrected chi connectivity index (χ2v) is 10.6. The molecule has 13 heteroatoms. The van der Waals surface area contributed by atoms with E-state index in [1.165, 1.54) is 14.0 Å². The first-order valence-corrected chi connectivity index (χ1v) is 13.5. The molecule has 0 radical (unpaired) electrons. The molecule has 0 spiro atoms. The summed E-state index contributed by atoms with van der Waals surface area (Å²) in [7, 11) is -2.80. The maximum atomic E-state index is 13.5. The van der Waals surface area contributed by atoms with Crippen LogP contribution in [0.15, 0.2) is 42.5 Å². The van der Waals surface area contributed by atoms with Crippen molar-refractivity contribution in [2.75, 3.05) is 30.8 Å². The fraction of sp³-hybridized carbons (Fsp3) is 0.417. The molecule has 2 amide bonds. The summed E-state index contributed by atoms with van der Waals surface area (Å²) in [6.45, 7) is 2.72. The van der Waals surface area contributed by atoms with Gasteiger partial charge in [-0.05, 0) is 49.2 Å². The number of alkyl halides is 3. The summed E-state index contributed by atoms with van der Waals surface area (Å²) in [6.07, 6.45) is -3.37. The Labute approximate surface area is 219 Å². The third-order valence-electron chi connectivity index (χ3n) is 5.42. The van der Waals surface area contributed by atoms with Crippen LogP contribution in [0.25, 0.3) is 0 Å². The largest absolute Gasteiger partial charge is 0.497 e. The molecule has 0 saturated carbocycles. The van der Waals surface area contributed by atoms with Gasteiger partial charge in [-0.2, -0.15) is 13.2 Å². The average molecular weight is 564 g/mol. The molecule has 8 nitrogen and oxygen atoms in total. The molecular formula is C24H29ClF3N3O5S. The number of anilines is 1. The Hall–Kier alpha value is -2.99. The SMILES string of the molecule is CCCNC(=O)[C@H](C)N(Cc1cccc(OC)c1)C(=O)CN(c1cc(C(F)(F)F)ccc1Cl)S(C)(=O)=O. The molecule has 0 aromatic heterocycles. The van der Waals surface area contributed by atoms with Crippen molar-refractivity contribution in [2.45, 2.75) is 39.0 Å². The van der Waals surface area contributed by atoms with Crippen molar-refractivity contribution >= 4 is 39.1 Å². The first kappa shape index (κ1) is 30.2. The number of rotatable bonds is 11. The second kappa shape index (κ2) is 12.5. The van der Waals surface area contributed by atoms with E-state index in [0.29, 0.717) is 40.7 Å². The monoisotopic (exact) mass is 563 g/mol. The van der Waals surface area contributed by atoms with Crippen LogP contribution in [0.4, 0.5) is 18.9 Å². The molecule has 0 unspecified atom stereocenters. The lowest BCUT2D eigenvalue weighted by Crippen LogP contribution is -2.51. The fourth-order valence-electron chi connectivity index (χ4n) is 3.42. The highest BCUT2D eigenvalue weighted by molar-refractivity contribution is 7.92. The molecule has 0 aliphatic carbocycles. The summed E-state index contributed by atoms with van der Waals surface area (Å²) in [6, 6.07) is 7.88. The van der Waals surface area contributed by atoms with Crippen LogP contribution >= 0.6 is 11.6 Å². The highest BCUT2D eigenvalue weighted by atomic mass is 35.5. The minimum Gasteiger partial charge on any atom is -0.497 e. The number of sulfonamides is 1. The normalized spacial score (nSPS) is 12.5. The van der Waals surface area contributed by atoms with Crippen molar-refractivity contribution in [1.82, 2.24) is 10.2 Å². The summed E-state index contributed by atoms with van der Waals surface area (Å²) >= 11 is 6.07. The van der Waals surface area contributed by atoms with Gasteiger partial charge in [0.2, 0.25) is 21.8 Å². The molecule has 2 rings (SSSR count). The van der Waals surface area contributed by atoms with E-state index in [2.05, 4.69) is 5.32 Å². The molecule has 204 valence electrons. The van der Waals surface area contributed by atoms with E-state index < -0.39 is 51.9 Å². The van der Waals surface area contributed by atoms with E-state index in [9.17, 15) is 31.2 Å². The van der Waals surface area contributed by atoms with E-state index >= 15 is 0 Å². The topological polar surface area (TPSA) is 96.0 Å². The number of hydrogen-bond acceptors (Lipinski definition) is 5. The van der Waals surface area contributed by atoms with Gasteiger partial charge in [0, 0.05) is 13.1 Å². The van der Waals surface area contributed by atoms with Crippen molar-refractivity contribution in [2.24, 2.45) is 0 Å². The van der Waals surface area contributed by atoms with Gasteiger partial charge in [0.25, 0.3) is 0 Å². The Kier molecular flexibility index (Phi) is 10.2. The lowest BCUT2D eigenvalue weighted by molar-refractivity contribution is -0.139. The number of nitrogens with one attached hydrogen (secondary N) is 1. The number of halogens is 4. The lowest BCUT2D eigenvalue weighted by atomic mass is 10.1. The first-order chi connectivity index (χ1) is 17.2. The molecule has 1 N–H and O–H groups in total. The molecule has 2 aromatic rings. The molecule has 1 atom stereocenters. The number of nitrogens with zero attached hydrogens (tertiary/aromatic N) is 2. The van der Waals surface area contributed by atoms with Crippen molar-refractivity contribution < 1.29 is 35.9 Å². The summed E-state index contributed by atoms with van der Waals surface area (Å²) in [5.74, 6) is -0.788. The molecule has 0 aliphatic rings. The third kappa shape index (κ3) is 8.26. The molecule has 0 saturated heterocycles. The zero-order valence-corrected chi connectivity index (χ0v) is 22.4. The molecule has 0 aliphatic heterocycles. The van der Waals surface area contributed by atoms with Crippen LogP contribution in [0.2, 0.25) is 5.02 Å². The van der Waals surface area contributed by atoms with Crippen LogP contribution in [-0.4, -0.2) is 57.6 Å². The van der Waals surface area contributed by atoms with Crippen LogP contribution in [-0.2, 0) is 32.3 Å². The number of ether oxygens (including phenoxy) is 1. The Morgan fingerprint density at radius 1 is 1.16 bits per heavy atom. The van der Waals surface area contributed by atoms with Gasteiger partial charge in [-0.3, -0.25) is 13.9 Å². The number of methoxy groups -OCH3 is 1. The minimum absolute atomic E-state index is 0.0926. The van der Waals surface area contributed by atoms with Crippen molar-refractivity contribution in [3.63, 3.8) is 0 Å². The van der Waals surface area contributed by atoms with Crippen LogP contribution < -0.4 is 14.4 Å². The van der Waals surface area contributed by atoms with Gasteiger partial charge in [0.1, 0.15) is 18.3 Å². The van der Waals surface area contributed by atoms with Crippen molar-refractivity contribution in [1.29, 1.82) is 0 Å². The highest BCUT2D eigenvalue weighted by Gasteiger charge is 2.34. The van der Waals surface area contributed by atoms with E-state index in [0.717, 1.165) is 17.2 Å². The zero-order valence-electron chi connectivity index (χ0n) is 20.8. The van der Waals surface area contributed by atoms with E-state index in [4.69, 9.17) is 16.3 Å². The second-order valence-electron chi connectivity index (χ2n) is 8.27. The van der Waals surface area contributed by atoms with Crippen LogP contribution in [0, 0.1) is 0 Å². The quantitative estimate of drug-likeness (QED) is 0.444. The lowest BCUT2D eigenvalue weighted by Gasteiger charge is -2.32. The Balaban J connectivity index is 2.49. The maximum Gasteiger partial charge on any atom is 0.416 e. The third-order valence-corrected chi connectivity index (χ3v) is 6.87. The number of amides is 2. The standard InChI is InChI=1S/C24H29ClF3N3O5S/c1-5-11-29-23(33)16(2)30(14-17-7-6-8-19(12-17)36-3)22(32)15-31(37(4,34)35)21-13-18(24(26,27)28)9-10-20(21)25/h6-10,12-13,16H,5,11,14-15H2,1-4H3,(H,29,33)/t16-/m0/s1. The predicted molar refractivity (Wildman–Crippen MR) is 135 cm³/mol. The average Bonchev–Trinajstić information content (AvgIpc) is 2.83. The Morgan fingerprint density at radius 2 is 1.84 bits per heavy atom. The van der Waals surface area contributed by atoms with Gasteiger partial charge >= 0.3 is 6.18 Å². The summed E-state index contributed by atoms with van der Waals surface area (Å²) in [5, 5.41) is 2.40. The van der Waals surface area contributed by atoms with E-state index in [1.54, 1.807) is 24.3 Å². The van der Waals surface area contributed by atoms with Crippen LogP contribution in [0.3, 0.4) is 0 Å². The smallest absolute Gasteiger partial charge is 0.416 e. The zero-order chi connectivity index (χ0) is 28.0. The van der Waals surface area contributed by atoms with Gasteiger partial charge in [-0.15, -0.1) is 0 Å². The van der Waals surface area contributed by atoms with Crippen LogP contribution in [0.1, 0.15) is 31.4 Å². The molecule has 37 heavy (non-hydrogen) atoms. The summed E-state index contributed by atoms with van der Waals surface area (Å²) in [5.41, 5.74) is -1.05. The Morgan fingerprint density at radius 3 is 2.41 bits per heavy atom. The summed E-state index contributed by atoms with van der Waals surface area (Å²) in [4.78, 5) is 27.4. The first-order valence-electron chi connectivity index (χ1n) is 11.2. The molecule has 2 aromatic carbocycles. The van der Waals surface area contributed by atoms with E-state index in [-0.39, 0.29) is 11.6 Å². The van der Waals surface area contributed by atoms with Gasteiger partial charge in [0.05, 0.1) is 29.6 Å². The molecular weight excluding hydrogens is 535 g/mol.